The fourth-order valence-electron chi connectivity index (χ4n) is 19.8. The smallest absolute Gasteiger partial charge is 0.270 e. The Bertz CT molecular complexity index is 5560. The Morgan fingerprint density at radius 3 is 0.984 bits per heavy atom. The number of thiophene rings is 4. The monoisotopic (exact) mass is 1730 g/mol. The molecule has 0 bridgehead atoms. The minimum atomic E-state index is -0.875. The number of unbranched alkanes of at least 4 members (excludes halogenated alkanes) is 14. The van der Waals surface area contributed by atoms with Gasteiger partial charge in [-0.05, 0) is 214 Å². The van der Waals surface area contributed by atoms with E-state index in [2.05, 4.69) is 211 Å². The SMILES string of the molecule is [C-]#[N+]/C(C#N)=C1\C(=C\c2cc(OCC(CC)CCCC)c(-c3cc4c(s3)-c3cc5c(cc3C4(c3ccc(CCCCCC)cc3)c3ccc(CCCCCC)cc3)-c3sc(-c4sc(/C=C6\C(=O)c7ccccc7\C6=C(\C#N)[N+]#[C-])cc4OCC(CC)CCCC)cc3C5(c3ccc(CCCCCC)cc3)c3ccc(CCCCCC)cc3)s2)C(=O)c2ccccc21. The van der Waals surface area contributed by atoms with Gasteiger partial charge in [0.05, 0.1) is 59.1 Å². The number of ketones is 2. The van der Waals surface area contributed by atoms with Gasteiger partial charge in [-0.1, -0.05) is 317 Å². The lowest BCUT2D eigenvalue weighted by atomic mass is 9.65. The number of fused-ring (bicyclic) bond motifs is 8. The van der Waals surface area contributed by atoms with Crippen molar-refractivity contribution in [2.75, 3.05) is 13.2 Å². The van der Waals surface area contributed by atoms with E-state index < -0.39 is 10.8 Å². The van der Waals surface area contributed by atoms with Crippen molar-refractivity contribution in [1.82, 2.24) is 0 Å². The van der Waals surface area contributed by atoms with Crippen LogP contribution in [0.15, 0.2) is 205 Å². The highest BCUT2D eigenvalue weighted by Crippen LogP contribution is 2.67. The number of benzene rings is 7. The molecule has 7 aromatic carbocycles. The van der Waals surface area contributed by atoms with Crippen LogP contribution in [0.1, 0.15) is 318 Å². The molecule has 0 aliphatic heterocycles. The molecule has 0 fully saturated rings. The molecule has 126 heavy (non-hydrogen) atoms. The van der Waals surface area contributed by atoms with Crippen LogP contribution < -0.4 is 9.47 Å². The number of nitriles is 2. The number of Topliss-reactive ketones (excluding diaryl/α,β-unsaturated/α-hetero) is 2. The molecular formula is C114H118N4O4S4. The molecule has 15 rings (SSSR count). The third-order valence-corrected chi connectivity index (χ3v) is 31.7. The van der Waals surface area contributed by atoms with Crippen molar-refractivity contribution in [2.24, 2.45) is 11.8 Å². The number of allylic oxidation sites excluding steroid dienone is 6. The predicted octanol–water partition coefficient (Wildman–Crippen LogP) is 32.5. The first-order valence-electron chi connectivity index (χ1n) is 46.9. The van der Waals surface area contributed by atoms with E-state index in [-0.39, 0.29) is 23.0 Å². The number of carbonyl (C=O) groups excluding carboxylic acids is 2. The van der Waals surface area contributed by atoms with Crippen molar-refractivity contribution in [3.63, 3.8) is 0 Å². The van der Waals surface area contributed by atoms with E-state index in [1.165, 1.54) is 165 Å². The normalized spacial score (nSPS) is 15.6. The van der Waals surface area contributed by atoms with Gasteiger partial charge in [-0.3, -0.25) is 9.59 Å². The number of hydrogen-bond acceptors (Lipinski definition) is 10. The molecule has 0 spiro atoms. The maximum atomic E-state index is 14.9. The average molecular weight is 1740 g/mol. The molecule has 0 saturated heterocycles. The van der Waals surface area contributed by atoms with Crippen LogP contribution in [0.2, 0.25) is 0 Å². The van der Waals surface area contributed by atoms with Crippen molar-refractivity contribution in [3.05, 3.63) is 326 Å². The van der Waals surface area contributed by atoms with Crippen LogP contribution in [0.5, 0.6) is 11.5 Å². The van der Waals surface area contributed by atoms with Gasteiger partial charge in [-0.25, -0.2) is 20.2 Å². The van der Waals surface area contributed by atoms with Gasteiger partial charge in [0.15, 0.2) is 11.6 Å². The average Bonchev–Trinajstić information content (AvgIpc) is 1.50. The highest BCUT2D eigenvalue weighted by atomic mass is 32.1. The molecule has 0 radical (unpaired) electrons. The summed E-state index contributed by atoms with van der Waals surface area (Å²) >= 11 is 6.88. The molecule has 4 heterocycles. The van der Waals surface area contributed by atoms with E-state index in [0.29, 0.717) is 69.6 Å². The molecule has 4 aromatic heterocycles. The Balaban J connectivity index is 1.02. The summed E-state index contributed by atoms with van der Waals surface area (Å²) in [5.41, 5.74) is 18.9. The van der Waals surface area contributed by atoms with Gasteiger partial charge in [0, 0.05) is 62.7 Å². The summed E-state index contributed by atoms with van der Waals surface area (Å²) in [6.45, 7) is 35.7. The van der Waals surface area contributed by atoms with Gasteiger partial charge >= 0.3 is 0 Å². The highest BCUT2D eigenvalue weighted by molar-refractivity contribution is 7.25. The zero-order valence-corrected chi connectivity index (χ0v) is 78.2. The van der Waals surface area contributed by atoms with Crippen molar-refractivity contribution >= 4 is 80.2 Å². The summed E-state index contributed by atoms with van der Waals surface area (Å²) in [5, 5.41) is 21.2. The van der Waals surface area contributed by atoms with Crippen LogP contribution in [0.25, 0.3) is 73.4 Å². The van der Waals surface area contributed by atoms with Gasteiger partial charge in [-0.2, -0.15) is 0 Å². The molecule has 0 N–H and O–H groups in total. The van der Waals surface area contributed by atoms with Crippen LogP contribution in [0.3, 0.4) is 0 Å². The third-order valence-electron chi connectivity index (χ3n) is 26.9. The van der Waals surface area contributed by atoms with Crippen LogP contribution >= 0.6 is 45.3 Å². The minimum Gasteiger partial charge on any atom is -0.492 e. The lowest BCUT2D eigenvalue weighted by Crippen LogP contribution is -2.30. The van der Waals surface area contributed by atoms with Gasteiger partial charge in [0.1, 0.15) is 11.5 Å². The van der Waals surface area contributed by atoms with E-state index in [4.69, 9.17) is 22.6 Å². The first kappa shape index (κ1) is 90.0. The molecule has 642 valence electrons. The van der Waals surface area contributed by atoms with E-state index in [1.54, 1.807) is 34.8 Å². The van der Waals surface area contributed by atoms with Crippen molar-refractivity contribution < 1.29 is 19.1 Å². The van der Waals surface area contributed by atoms with Crippen molar-refractivity contribution in [1.29, 1.82) is 10.5 Å². The number of hydrogen-bond donors (Lipinski definition) is 0. The van der Waals surface area contributed by atoms with Crippen molar-refractivity contribution in [3.8, 4) is 64.0 Å². The molecule has 0 amide bonds. The molecule has 0 saturated carbocycles. The second kappa shape index (κ2) is 41.8. The highest BCUT2D eigenvalue weighted by Gasteiger charge is 2.54. The summed E-state index contributed by atoms with van der Waals surface area (Å²) in [6.07, 6.45) is 34.9. The van der Waals surface area contributed by atoms with Crippen LogP contribution in [-0.4, -0.2) is 24.8 Å². The van der Waals surface area contributed by atoms with Gasteiger partial charge in [-0.15, -0.1) is 45.3 Å². The largest absolute Gasteiger partial charge is 0.492 e. The first-order valence-corrected chi connectivity index (χ1v) is 50.2. The number of carbonyl (C=O) groups is 2. The van der Waals surface area contributed by atoms with E-state index in [1.807, 2.05) is 71.2 Å². The lowest BCUT2D eigenvalue weighted by molar-refractivity contribution is 0.103. The molecule has 2 atom stereocenters. The van der Waals surface area contributed by atoms with Crippen molar-refractivity contribution in [2.45, 2.75) is 246 Å². The Morgan fingerprint density at radius 2 is 0.690 bits per heavy atom. The summed E-state index contributed by atoms with van der Waals surface area (Å²) in [4.78, 5) is 45.2. The van der Waals surface area contributed by atoms with Gasteiger partial charge in [0.2, 0.25) is 0 Å². The molecular weight excluding hydrogens is 1620 g/mol. The summed E-state index contributed by atoms with van der Waals surface area (Å²) in [6, 6.07) is 72.4. The zero-order chi connectivity index (χ0) is 87.9. The second-order valence-electron chi connectivity index (χ2n) is 35.1. The molecule has 4 aliphatic carbocycles. The van der Waals surface area contributed by atoms with E-state index >= 15 is 0 Å². The summed E-state index contributed by atoms with van der Waals surface area (Å²) < 4.78 is 14.6. The lowest BCUT2D eigenvalue weighted by Gasteiger charge is -2.35. The molecule has 2 unspecified atom stereocenters. The fourth-order valence-corrected chi connectivity index (χ4v) is 24.6. The Morgan fingerprint density at radius 1 is 0.373 bits per heavy atom. The quantitative estimate of drug-likeness (QED) is 0.0163. The van der Waals surface area contributed by atoms with Gasteiger partial charge in [0.25, 0.3) is 11.4 Å². The second-order valence-corrected chi connectivity index (χ2v) is 39.4. The standard InChI is InChI=1S/C114H118N4O4S4/c1-11-19-25-29-39-77-47-55-81(56-48-77)113(82-57-49-78(50-58-82)40-30-26-20-12-2)95-67-92-96(68-91(95)109-97(113)69-103(125-109)111-101(121-73-75(17-7)37-23-15-5)65-85(123-111)63-93-105(99(71-115)117-9)87-43-33-35-45-89(87)107(93)119)114(83-59-51-79(52-60-83)41-31-27-21-13-3,84-61-53-80(54-62-84)42-32-28-22-14-4)98-70-104(126-110(92)98)112-102(122-74-76(18-8)38-24-16-6)66-86(124-112)64-94-106(100(72-116)118-10)88-44-34-36-46-90(88)108(94)120/h33-36,43-70,75-76H,11-32,37-42,73-74H2,1-8H3/b93-63-,94-64-,105-99-,106-100+. The number of rotatable bonds is 42. The maximum absolute atomic E-state index is 14.9. The first-order chi connectivity index (χ1) is 61.8. The predicted molar refractivity (Wildman–Crippen MR) is 528 cm³/mol. The van der Waals surface area contributed by atoms with E-state index in [0.717, 1.165) is 143 Å². The Labute approximate surface area is 765 Å². The number of ether oxygens (including phenoxy) is 2. The van der Waals surface area contributed by atoms with Crippen LogP contribution in [0.4, 0.5) is 0 Å². The third kappa shape index (κ3) is 18.0. The number of aryl methyl sites for hydroxylation is 4. The Hall–Kier alpha value is -10.8. The van der Waals surface area contributed by atoms with Crippen LogP contribution in [0, 0.1) is 47.6 Å². The fraction of sp³-hybridized carbons (Fsp3) is 0.368. The Kier molecular flexibility index (Phi) is 29.8. The molecule has 8 nitrogen and oxygen atoms in total. The molecule has 12 heteroatoms. The molecule has 4 aliphatic rings. The van der Waals surface area contributed by atoms with E-state index in [9.17, 15) is 20.1 Å². The number of nitrogens with zero attached hydrogens (tertiary/aromatic N) is 4. The topological polar surface area (TPSA) is 109 Å². The van der Waals surface area contributed by atoms with Crippen LogP contribution in [-0.2, 0) is 36.5 Å². The minimum absolute atomic E-state index is 0.111. The maximum Gasteiger partial charge on any atom is 0.270 e. The zero-order valence-electron chi connectivity index (χ0n) is 74.9. The summed E-state index contributed by atoms with van der Waals surface area (Å²) in [5.74, 6) is 1.72. The molecule has 11 aromatic rings. The van der Waals surface area contributed by atoms with Gasteiger partial charge < -0.3 is 9.47 Å². The summed E-state index contributed by atoms with van der Waals surface area (Å²) in [7, 11) is 0.